The molecule has 1 heterocycles. The summed E-state index contributed by atoms with van der Waals surface area (Å²) in [6, 6.07) is 12.4. The summed E-state index contributed by atoms with van der Waals surface area (Å²) in [6.07, 6.45) is 1.80. The van der Waals surface area contributed by atoms with E-state index in [1.54, 1.807) is 13.3 Å². The third kappa shape index (κ3) is 3.31. The Bertz CT molecular complexity index is 511. The van der Waals surface area contributed by atoms with Crippen molar-refractivity contribution in [1.29, 1.82) is 0 Å². The van der Waals surface area contributed by atoms with Gasteiger partial charge in [-0.2, -0.15) is 0 Å². The molecular weight excluding hydrogens is 224 g/mol. The number of anilines is 1. The number of aromatic nitrogens is 1. The lowest BCUT2D eigenvalue weighted by atomic mass is 10.1. The average molecular weight is 242 g/mol. The molecule has 0 aliphatic carbocycles. The number of methoxy groups -OCH3 is 1. The summed E-state index contributed by atoms with van der Waals surface area (Å²) in [6.45, 7) is 3.47. The highest BCUT2D eigenvalue weighted by Gasteiger charge is 1.99. The van der Waals surface area contributed by atoms with Crippen molar-refractivity contribution in [3.8, 4) is 0 Å². The normalized spacial score (nSPS) is 10.3. The second-order valence-corrected chi connectivity index (χ2v) is 4.28. The molecular formula is C15H18N2O. The second-order valence-electron chi connectivity index (χ2n) is 4.28. The molecule has 0 bridgehead atoms. The molecule has 2 aromatic rings. The Morgan fingerprint density at radius 2 is 2.00 bits per heavy atom. The quantitative estimate of drug-likeness (QED) is 0.874. The van der Waals surface area contributed by atoms with Crippen molar-refractivity contribution in [3.05, 3.63) is 59.3 Å². The van der Waals surface area contributed by atoms with Crippen LogP contribution in [-0.4, -0.2) is 12.1 Å². The lowest BCUT2D eigenvalue weighted by Gasteiger charge is -2.09. The number of hydrogen-bond donors (Lipinski definition) is 1. The largest absolute Gasteiger partial charge is 0.380 e. The van der Waals surface area contributed by atoms with Crippen LogP contribution in [0.15, 0.2) is 42.6 Å². The summed E-state index contributed by atoms with van der Waals surface area (Å²) in [7, 11) is 1.71. The van der Waals surface area contributed by atoms with Gasteiger partial charge in [-0.25, -0.2) is 4.98 Å². The zero-order chi connectivity index (χ0) is 12.8. The SMILES string of the molecule is COCc1cccc(CNc2ncccc2C)c1. The van der Waals surface area contributed by atoms with Gasteiger partial charge in [0.15, 0.2) is 0 Å². The van der Waals surface area contributed by atoms with Gasteiger partial charge in [-0.15, -0.1) is 0 Å². The number of ether oxygens (including phenoxy) is 1. The molecule has 0 aliphatic rings. The first-order valence-corrected chi connectivity index (χ1v) is 6.02. The molecule has 1 N–H and O–H groups in total. The maximum Gasteiger partial charge on any atom is 0.129 e. The zero-order valence-corrected chi connectivity index (χ0v) is 10.8. The van der Waals surface area contributed by atoms with Crippen molar-refractivity contribution in [3.63, 3.8) is 0 Å². The number of nitrogens with zero attached hydrogens (tertiary/aromatic N) is 1. The van der Waals surface area contributed by atoms with Crippen molar-refractivity contribution < 1.29 is 4.74 Å². The van der Waals surface area contributed by atoms with Crippen molar-refractivity contribution in [2.75, 3.05) is 12.4 Å². The molecule has 3 heteroatoms. The van der Waals surface area contributed by atoms with Gasteiger partial charge < -0.3 is 10.1 Å². The molecule has 0 aliphatic heterocycles. The second kappa shape index (κ2) is 6.17. The Labute approximate surface area is 108 Å². The smallest absolute Gasteiger partial charge is 0.129 e. The number of hydrogen-bond acceptors (Lipinski definition) is 3. The van der Waals surface area contributed by atoms with E-state index in [1.165, 1.54) is 11.1 Å². The van der Waals surface area contributed by atoms with Crippen LogP contribution < -0.4 is 5.32 Å². The van der Waals surface area contributed by atoms with E-state index < -0.39 is 0 Å². The average Bonchev–Trinajstić information content (AvgIpc) is 2.39. The van der Waals surface area contributed by atoms with E-state index >= 15 is 0 Å². The van der Waals surface area contributed by atoms with Gasteiger partial charge in [0, 0.05) is 19.9 Å². The summed E-state index contributed by atoms with van der Waals surface area (Å²) in [5.74, 6) is 0.939. The maximum atomic E-state index is 5.13. The molecule has 0 unspecified atom stereocenters. The molecule has 2 rings (SSSR count). The fourth-order valence-corrected chi connectivity index (χ4v) is 1.85. The van der Waals surface area contributed by atoms with Crippen molar-refractivity contribution >= 4 is 5.82 Å². The third-order valence-corrected chi connectivity index (χ3v) is 2.77. The number of pyridine rings is 1. The van der Waals surface area contributed by atoms with Crippen LogP contribution in [0, 0.1) is 6.92 Å². The molecule has 0 amide bonds. The molecule has 18 heavy (non-hydrogen) atoms. The van der Waals surface area contributed by atoms with Crippen LogP contribution in [0.4, 0.5) is 5.82 Å². The lowest BCUT2D eigenvalue weighted by Crippen LogP contribution is -2.03. The molecule has 0 saturated heterocycles. The van der Waals surface area contributed by atoms with E-state index in [-0.39, 0.29) is 0 Å². The highest BCUT2D eigenvalue weighted by Crippen LogP contribution is 2.12. The first kappa shape index (κ1) is 12.6. The Morgan fingerprint density at radius 3 is 2.78 bits per heavy atom. The maximum absolute atomic E-state index is 5.13. The fourth-order valence-electron chi connectivity index (χ4n) is 1.85. The van der Waals surface area contributed by atoms with E-state index in [0.717, 1.165) is 17.9 Å². The van der Waals surface area contributed by atoms with Crippen LogP contribution in [0.2, 0.25) is 0 Å². The molecule has 1 aromatic carbocycles. The van der Waals surface area contributed by atoms with Crippen LogP contribution >= 0.6 is 0 Å². The summed E-state index contributed by atoms with van der Waals surface area (Å²) < 4.78 is 5.13. The van der Waals surface area contributed by atoms with E-state index in [1.807, 2.05) is 6.07 Å². The molecule has 1 aromatic heterocycles. The highest BCUT2D eigenvalue weighted by atomic mass is 16.5. The molecule has 0 atom stereocenters. The number of nitrogens with one attached hydrogen (secondary N) is 1. The zero-order valence-electron chi connectivity index (χ0n) is 10.8. The molecule has 0 radical (unpaired) electrons. The van der Waals surface area contributed by atoms with Gasteiger partial charge in [0.2, 0.25) is 0 Å². The summed E-state index contributed by atoms with van der Waals surface area (Å²) >= 11 is 0. The van der Waals surface area contributed by atoms with E-state index in [0.29, 0.717) is 6.61 Å². The van der Waals surface area contributed by atoms with Gasteiger partial charge in [-0.05, 0) is 29.7 Å². The van der Waals surface area contributed by atoms with Gasteiger partial charge >= 0.3 is 0 Å². The first-order chi connectivity index (χ1) is 8.79. The monoisotopic (exact) mass is 242 g/mol. The van der Waals surface area contributed by atoms with Gasteiger partial charge in [0.1, 0.15) is 5.82 Å². The van der Waals surface area contributed by atoms with Crippen LogP contribution in [0.1, 0.15) is 16.7 Å². The van der Waals surface area contributed by atoms with Crippen LogP contribution in [-0.2, 0) is 17.9 Å². The minimum absolute atomic E-state index is 0.649. The van der Waals surface area contributed by atoms with Crippen molar-refractivity contribution in [1.82, 2.24) is 4.98 Å². The Hall–Kier alpha value is -1.87. The van der Waals surface area contributed by atoms with E-state index in [4.69, 9.17) is 4.74 Å². The predicted molar refractivity (Wildman–Crippen MR) is 73.5 cm³/mol. The Kier molecular flexibility index (Phi) is 4.31. The lowest BCUT2D eigenvalue weighted by molar-refractivity contribution is 0.185. The van der Waals surface area contributed by atoms with E-state index in [9.17, 15) is 0 Å². The van der Waals surface area contributed by atoms with Gasteiger partial charge in [-0.1, -0.05) is 30.3 Å². The van der Waals surface area contributed by atoms with Gasteiger partial charge in [0.25, 0.3) is 0 Å². The van der Waals surface area contributed by atoms with Crippen LogP contribution in [0.5, 0.6) is 0 Å². The first-order valence-electron chi connectivity index (χ1n) is 6.02. The topological polar surface area (TPSA) is 34.1 Å². The third-order valence-electron chi connectivity index (χ3n) is 2.77. The minimum atomic E-state index is 0.649. The molecule has 0 saturated carbocycles. The summed E-state index contributed by atoms with van der Waals surface area (Å²) in [5.41, 5.74) is 3.58. The van der Waals surface area contributed by atoms with Crippen molar-refractivity contribution in [2.45, 2.75) is 20.1 Å². The molecule has 0 spiro atoms. The number of aryl methyl sites for hydroxylation is 1. The van der Waals surface area contributed by atoms with Crippen molar-refractivity contribution in [2.24, 2.45) is 0 Å². The summed E-state index contributed by atoms with van der Waals surface area (Å²) in [5, 5.41) is 3.35. The molecule has 3 nitrogen and oxygen atoms in total. The van der Waals surface area contributed by atoms with Crippen LogP contribution in [0.25, 0.3) is 0 Å². The fraction of sp³-hybridized carbons (Fsp3) is 0.267. The Morgan fingerprint density at radius 1 is 1.17 bits per heavy atom. The predicted octanol–water partition coefficient (Wildman–Crippen LogP) is 3.15. The molecule has 94 valence electrons. The minimum Gasteiger partial charge on any atom is -0.380 e. The number of benzene rings is 1. The molecule has 0 fully saturated rings. The number of rotatable bonds is 5. The summed E-state index contributed by atoms with van der Waals surface area (Å²) in [4.78, 5) is 4.32. The Balaban J connectivity index is 2.02. The van der Waals surface area contributed by atoms with Gasteiger partial charge in [-0.3, -0.25) is 0 Å². The standard InChI is InChI=1S/C15H18N2O/c1-12-5-4-8-16-15(12)17-10-13-6-3-7-14(9-13)11-18-2/h3-9H,10-11H2,1-2H3,(H,16,17). The van der Waals surface area contributed by atoms with Gasteiger partial charge in [0.05, 0.1) is 6.61 Å². The van der Waals surface area contributed by atoms with E-state index in [2.05, 4.69) is 47.6 Å². The van der Waals surface area contributed by atoms with Crippen LogP contribution in [0.3, 0.4) is 0 Å². The highest BCUT2D eigenvalue weighted by molar-refractivity contribution is 5.43.